The highest BCUT2D eigenvalue weighted by atomic mass is 16.6. The van der Waals surface area contributed by atoms with Crippen molar-refractivity contribution in [2.45, 2.75) is 45.6 Å². The number of ether oxygens (including phenoxy) is 2. The molecule has 3 rings (SSSR count). The van der Waals surface area contributed by atoms with Gasteiger partial charge >= 0.3 is 6.09 Å². The number of hydrogen-bond donors (Lipinski definition) is 0. The van der Waals surface area contributed by atoms with Crippen LogP contribution >= 0.6 is 0 Å². The molecule has 0 saturated carbocycles. The van der Waals surface area contributed by atoms with Crippen LogP contribution in [-0.2, 0) is 17.8 Å². The van der Waals surface area contributed by atoms with E-state index >= 15 is 0 Å². The highest BCUT2D eigenvalue weighted by Gasteiger charge is 2.29. The molecule has 1 fully saturated rings. The van der Waals surface area contributed by atoms with Crippen molar-refractivity contribution in [3.8, 4) is 5.75 Å². The Morgan fingerprint density at radius 3 is 2.50 bits per heavy atom. The Morgan fingerprint density at radius 2 is 1.86 bits per heavy atom. The van der Waals surface area contributed by atoms with Gasteiger partial charge in [-0.3, -0.25) is 9.80 Å². The molecule has 5 heteroatoms. The smallest absolute Gasteiger partial charge is 0.410 e. The Bertz CT molecular complexity index is 574. The van der Waals surface area contributed by atoms with Crippen LogP contribution in [0.1, 0.15) is 31.9 Å². The number of carbonyl (C=O) groups is 1. The SMILES string of the molecule is CN1CC(Oc2ccc3c(c2)CN(C(=O)OC(C)(C)C)C3)C1. The summed E-state index contributed by atoms with van der Waals surface area (Å²) >= 11 is 0. The van der Waals surface area contributed by atoms with Gasteiger partial charge in [0.1, 0.15) is 17.5 Å². The molecule has 1 saturated heterocycles. The van der Waals surface area contributed by atoms with Crippen LogP contribution in [0.2, 0.25) is 0 Å². The van der Waals surface area contributed by atoms with Crippen molar-refractivity contribution in [2.75, 3.05) is 20.1 Å². The normalized spacial score (nSPS) is 18.8. The summed E-state index contributed by atoms with van der Waals surface area (Å²) in [7, 11) is 2.08. The van der Waals surface area contributed by atoms with E-state index in [1.807, 2.05) is 26.8 Å². The first-order valence-electron chi connectivity index (χ1n) is 7.75. The summed E-state index contributed by atoms with van der Waals surface area (Å²) in [4.78, 5) is 16.1. The van der Waals surface area contributed by atoms with Crippen molar-refractivity contribution in [1.29, 1.82) is 0 Å². The molecule has 0 atom stereocenters. The summed E-state index contributed by atoms with van der Waals surface area (Å²) in [6.07, 6.45) is 0.0261. The molecule has 22 heavy (non-hydrogen) atoms. The van der Waals surface area contributed by atoms with Crippen molar-refractivity contribution < 1.29 is 14.3 Å². The molecule has 2 aliphatic rings. The maximum atomic E-state index is 12.2. The van der Waals surface area contributed by atoms with E-state index < -0.39 is 5.60 Å². The van der Waals surface area contributed by atoms with Gasteiger partial charge < -0.3 is 9.47 Å². The summed E-state index contributed by atoms with van der Waals surface area (Å²) < 4.78 is 11.4. The fraction of sp³-hybridized carbons (Fsp3) is 0.588. The number of nitrogens with zero attached hydrogens (tertiary/aromatic N) is 2. The Kier molecular flexibility index (Phi) is 3.77. The lowest BCUT2D eigenvalue weighted by Gasteiger charge is -2.36. The van der Waals surface area contributed by atoms with Gasteiger partial charge in [-0.1, -0.05) is 6.07 Å². The number of amides is 1. The van der Waals surface area contributed by atoms with Crippen molar-refractivity contribution >= 4 is 6.09 Å². The number of benzene rings is 1. The molecule has 0 radical (unpaired) electrons. The predicted octanol–water partition coefficient (Wildman–Crippen LogP) is 2.63. The number of fused-ring (bicyclic) bond motifs is 1. The number of carbonyl (C=O) groups excluding carboxylic acids is 1. The summed E-state index contributed by atoms with van der Waals surface area (Å²) in [5, 5.41) is 0. The Morgan fingerprint density at radius 1 is 1.18 bits per heavy atom. The van der Waals surface area contributed by atoms with Crippen LogP contribution < -0.4 is 4.74 Å². The number of rotatable bonds is 2. The second-order valence-electron chi connectivity index (χ2n) is 7.23. The lowest BCUT2D eigenvalue weighted by atomic mass is 10.1. The molecule has 120 valence electrons. The average molecular weight is 304 g/mol. The highest BCUT2D eigenvalue weighted by molar-refractivity contribution is 5.69. The molecule has 1 aromatic carbocycles. The number of hydrogen-bond acceptors (Lipinski definition) is 4. The van der Waals surface area contributed by atoms with Gasteiger partial charge in [-0.15, -0.1) is 0 Å². The first-order valence-corrected chi connectivity index (χ1v) is 7.75. The molecular weight excluding hydrogens is 280 g/mol. The van der Waals surface area contributed by atoms with E-state index in [-0.39, 0.29) is 12.2 Å². The fourth-order valence-electron chi connectivity index (χ4n) is 2.81. The van der Waals surface area contributed by atoms with Gasteiger partial charge in [-0.25, -0.2) is 4.79 Å². The number of likely N-dealkylation sites (N-methyl/N-ethyl adjacent to an activating group) is 1. The fourth-order valence-corrected chi connectivity index (χ4v) is 2.81. The molecule has 0 unspecified atom stereocenters. The summed E-state index contributed by atoms with van der Waals surface area (Å²) in [6.45, 7) is 8.80. The minimum Gasteiger partial charge on any atom is -0.488 e. The molecule has 0 N–H and O–H groups in total. The van der Waals surface area contributed by atoms with Crippen LogP contribution in [0.25, 0.3) is 0 Å². The zero-order chi connectivity index (χ0) is 15.9. The first-order chi connectivity index (χ1) is 10.3. The van der Waals surface area contributed by atoms with E-state index in [2.05, 4.69) is 24.1 Å². The molecule has 5 nitrogen and oxygen atoms in total. The van der Waals surface area contributed by atoms with E-state index in [0.29, 0.717) is 13.1 Å². The Hall–Kier alpha value is -1.75. The summed E-state index contributed by atoms with van der Waals surface area (Å²) in [5.74, 6) is 0.892. The third-order valence-corrected chi connectivity index (χ3v) is 3.89. The predicted molar refractivity (Wildman–Crippen MR) is 83.8 cm³/mol. The van der Waals surface area contributed by atoms with E-state index in [4.69, 9.17) is 9.47 Å². The van der Waals surface area contributed by atoms with Gasteiger partial charge in [-0.05, 0) is 51.1 Å². The zero-order valence-electron chi connectivity index (χ0n) is 13.8. The minimum absolute atomic E-state index is 0.258. The lowest BCUT2D eigenvalue weighted by Crippen LogP contribution is -2.51. The quantitative estimate of drug-likeness (QED) is 0.842. The monoisotopic (exact) mass is 304 g/mol. The largest absolute Gasteiger partial charge is 0.488 e. The van der Waals surface area contributed by atoms with Crippen molar-refractivity contribution in [2.24, 2.45) is 0 Å². The molecule has 0 aliphatic carbocycles. The summed E-state index contributed by atoms with van der Waals surface area (Å²) in [5.41, 5.74) is 1.86. The molecule has 2 heterocycles. The van der Waals surface area contributed by atoms with Crippen LogP contribution in [0.5, 0.6) is 5.75 Å². The zero-order valence-corrected chi connectivity index (χ0v) is 13.8. The molecule has 0 aromatic heterocycles. The minimum atomic E-state index is -0.462. The molecule has 1 aromatic rings. The van der Waals surface area contributed by atoms with Crippen molar-refractivity contribution in [3.05, 3.63) is 29.3 Å². The van der Waals surface area contributed by atoms with Crippen LogP contribution in [0, 0.1) is 0 Å². The van der Waals surface area contributed by atoms with Crippen LogP contribution in [0.4, 0.5) is 4.79 Å². The van der Waals surface area contributed by atoms with Crippen molar-refractivity contribution in [1.82, 2.24) is 9.80 Å². The molecular formula is C17H24N2O3. The second kappa shape index (κ2) is 5.47. The molecule has 1 amide bonds. The van der Waals surface area contributed by atoms with E-state index in [1.165, 1.54) is 5.56 Å². The highest BCUT2D eigenvalue weighted by Crippen LogP contribution is 2.29. The third kappa shape index (κ3) is 3.35. The standard InChI is InChI=1S/C17H24N2O3/c1-17(2,3)22-16(20)19-8-12-5-6-14(7-13(12)9-19)21-15-10-18(4)11-15/h5-7,15H,8-11H2,1-4H3. The first kappa shape index (κ1) is 15.2. The van der Waals surface area contributed by atoms with Crippen LogP contribution in [-0.4, -0.2) is 47.7 Å². The van der Waals surface area contributed by atoms with Gasteiger partial charge in [0.25, 0.3) is 0 Å². The van der Waals surface area contributed by atoms with Gasteiger partial charge in [0.05, 0.1) is 0 Å². The average Bonchev–Trinajstić information content (AvgIpc) is 2.78. The van der Waals surface area contributed by atoms with Gasteiger partial charge in [0, 0.05) is 26.2 Å². The third-order valence-electron chi connectivity index (χ3n) is 3.89. The molecule has 0 bridgehead atoms. The molecule has 0 spiro atoms. The van der Waals surface area contributed by atoms with Gasteiger partial charge in [0.15, 0.2) is 0 Å². The topological polar surface area (TPSA) is 42.0 Å². The summed E-state index contributed by atoms with van der Waals surface area (Å²) in [6, 6.07) is 6.10. The Balaban J connectivity index is 1.62. The van der Waals surface area contributed by atoms with E-state index in [9.17, 15) is 4.79 Å². The number of likely N-dealkylation sites (tertiary alicyclic amines) is 1. The maximum absolute atomic E-state index is 12.2. The van der Waals surface area contributed by atoms with E-state index in [1.54, 1.807) is 4.90 Å². The lowest BCUT2D eigenvalue weighted by molar-refractivity contribution is 0.0241. The Labute approximate surface area is 131 Å². The van der Waals surface area contributed by atoms with Gasteiger partial charge in [-0.2, -0.15) is 0 Å². The van der Waals surface area contributed by atoms with Gasteiger partial charge in [0.2, 0.25) is 0 Å². The second-order valence-corrected chi connectivity index (χ2v) is 7.23. The van der Waals surface area contributed by atoms with Crippen molar-refractivity contribution in [3.63, 3.8) is 0 Å². The van der Waals surface area contributed by atoms with E-state index in [0.717, 1.165) is 24.4 Å². The molecule has 2 aliphatic heterocycles. The van der Waals surface area contributed by atoms with Crippen LogP contribution in [0.3, 0.4) is 0 Å². The van der Waals surface area contributed by atoms with Crippen LogP contribution in [0.15, 0.2) is 18.2 Å². The maximum Gasteiger partial charge on any atom is 0.410 e.